The molecule has 9 heteroatoms. The number of halogens is 1. The second kappa shape index (κ2) is 13.4. The number of methoxy groups -OCH3 is 1. The van der Waals surface area contributed by atoms with E-state index in [2.05, 4.69) is 28.4 Å². The number of carbonyl (C=O) groups excluding carboxylic acids is 2. The van der Waals surface area contributed by atoms with Crippen LogP contribution in [0.1, 0.15) is 47.6 Å². The highest BCUT2D eigenvalue weighted by atomic mass is 19.1. The number of rotatable bonds is 10. The van der Waals surface area contributed by atoms with Crippen LogP contribution in [0.3, 0.4) is 0 Å². The summed E-state index contributed by atoms with van der Waals surface area (Å²) in [5, 5.41) is 12.7. The number of hydrogen-bond donors (Lipinski definition) is 2. The van der Waals surface area contributed by atoms with Gasteiger partial charge in [-0.05, 0) is 83.0 Å². The molecule has 2 N–H and O–H groups in total. The SMILES string of the molecule is COC(=O)Nc1cc(-c2cccc(CN(C(=O)C3CC3)C(CC(=O)O)c3ccc(F)cc3)c2)ccc1N1CCc2ccccc2C1. The number of benzene rings is 4. The lowest BCUT2D eigenvalue weighted by molar-refractivity contribution is -0.142. The maximum Gasteiger partial charge on any atom is 0.411 e. The van der Waals surface area contributed by atoms with Gasteiger partial charge in [-0.2, -0.15) is 0 Å². The van der Waals surface area contributed by atoms with Crippen LogP contribution in [0.4, 0.5) is 20.6 Å². The molecular formula is C37H36FN3O5. The second-order valence-electron chi connectivity index (χ2n) is 11.9. The quantitative estimate of drug-likeness (QED) is 0.195. The Hall–Kier alpha value is -5.18. The topological polar surface area (TPSA) is 99.2 Å². The Kier molecular flexibility index (Phi) is 9.01. The van der Waals surface area contributed by atoms with Crippen LogP contribution in [0.2, 0.25) is 0 Å². The lowest BCUT2D eigenvalue weighted by Crippen LogP contribution is -2.36. The Balaban J connectivity index is 1.31. The average Bonchev–Trinajstić information content (AvgIpc) is 3.92. The number of carbonyl (C=O) groups is 3. The molecule has 2 aliphatic rings. The number of ether oxygens (including phenoxy) is 1. The third-order valence-corrected chi connectivity index (χ3v) is 8.71. The van der Waals surface area contributed by atoms with Crippen molar-refractivity contribution in [3.05, 3.63) is 119 Å². The molecule has 0 spiro atoms. The van der Waals surface area contributed by atoms with Crippen LogP contribution in [-0.4, -0.2) is 41.6 Å². The predicted octanol–water partition coefficient (Wildman–Crippen LogP) is 7.19. The summed E-state index contributed by atoms with van der Waals surface area (Å²) in [5.41, 5.74) is 7.21. The van der Waals surface area contributed by atoms with Crippen molar-refractivity contribution in [1.82, 2.24) is 4.90 Å². The lowest BCUT2D eigenvalue weighted by Gasteiger charge is -2.32. The first kappa shape index (κ1) is 30.8. The zero-order valence-electron chi connectivity index (χ0n) is 25.6. The van der Waals surface area contributed by atoms with Gasteiger partial charge in [0.25, 0.3) is 0 Å². The first-order valence-corrected chi connectivity index (χ1v) is 15.5. The van der Waals surface area contributed by atoms with Crippen LogP contribution in [0, 0.1) is 11.7 Å². The van der Waals surface area contributed by atoms with E-state index < -0.39 is 23.9 Å². The van der Waals surface area contributed by atoms with Crippen LogP contribution >= 0.6 is 0 Å². The van der Waals surface area contributed by atoms with Gasteiger partial charge in [-0.25, -0.2) is 9.18 Å². The summed E-state index contributed by atoms with van der Waals surface area (Å²) in [5.74, 6) is -1.71. The highest BCUT2D eigenvalue weighted by molar-refractivity contribution is 5.92. The molecular weight excluding hydrogens is 585 g/mol. The Labute approximate surface area is 267 Å². The lowest BCUT2D eigenvalue weighted by atomic mass is 9.97. The maximum atomic E-state index is 13.7. The summed E-state index contributed by atoms with van der Waals surface area (Å²) in [6.45, 7) is 1.71. The molecule has 1 saturated carbocycles. The van der Waals surface area contributed by atoms with E-state index in [9.17, 15) is 23.9 Å². The van der Waals surface area contributed by atoms with Crippen molar-refractivity contribution in [2.45, 2.75) is 44.8 Å². The van der Waals surface area contributed by atoms with Crippen LogP contribution in [-0.2, 0) is 33.8 Å². The van der Waals surface area contributed by atoms with E-state index in [1.54, 1.807) is 17.0 Å². The van der Waals surface area contributed by atoms with Gasteiger partial charge in [0, 0.05) is 25.6 Å². The van der Waals surface area contributed by atoms with Gasteiger partial charge in [-0.3, -0.25) is 14.9 Å². The van der Waals surface area contributed by atoms with Crippen LogP contribution in [0.5, 0.6) is 0 Å². The molecule has 1 fully saturated rings. The van der Waals surface area contributed by atoms with Gasteiger partial charge in [0.05, 0.1) is 30.9 Å². The molecule has 236 valence electrons. The molecule has 0 aromatic heterocycles. The van der Waals surface area contributed by atoms with Crippen molar-refractivity contribution in [3.8, 4) is 11.1 Å². The highest BCUT2D eigenvalue weighted by Gasteiger charge is 2.37. The van der Waals surface area contributed by atoms with Crippen molar-refractivity contribution < 1.29 is 28.6 Å². The Bertz CT molecular complexity index is 1750. The van der Waals surface area contributed by atoms with Crippen molar-refractivity contribution in [1.29, 1.82) is 0 Å². The fraction of sp³-hybridized carbons (Fsp3) is 0.270. The first-order valence-electron chi connectivity index (χ1n) is 15.5. The third-order valence-electron chi connectivity index (χ3n) is 8.71. The van der Waals surface area contributed by atoms with E-state index in [0.717, 1.165) is 54.7 Å². The molecule has 1 aliphatic carbocycles. The van der Waals surface area contributed by atoms with Crippen LogP contribution in [0.15, 0.2) is 91.0 Å². The number of aliphatic carboxylic acids is 1. The largest absolute Gasteiger partial charge is 0.481 e. The Morgan fingerprint density at radius 1 is 0.957 bits per heavy atom. The fourth-order valence-electron chi connectivity index (χ4n) is 6.16. The predicted molar refractivity (Wildman–Crippen MR) is 174 cm³/mol. The minimum atomic E-state index is -1.04. The fourth-order valence-corrected chi connectivity index (χ4v) is 6.16. The molecule has 4 aromatic carbocycles. The number of amides is 2. The molecule has 46 heavy (non-hydrogen) atoms. The van der Waals surface area contributed by atoms with E-state index in [4.69, 9.17) is 4.74 Å². The van der Waals surface area contributed by atoms with Crippen molar-refractivity contribution in [3.63, 3.8) is 0 Å². The van der Waals surface area contributed by atoms with Crippen LogP contribution < -0.4 is 10.2 Å². The minimum Gasteiger partial charge on any atom is -0.481 e. The molecule has 0 saturated heterocycles. The van der Waals surface area contributed by atoms with Gasteiger partial charge in [-0.1, -0.05) is 60.7 Å². The number of anilines is 2. The number of hydrogen-bond acceptors (Lipinski definition) is 5. The van der Waals surface area contributed by atoms with Crippen molar-refractivity contribution in [2.24, 2.45) is 5.92 Å². The monoisotopic (exact) mass is 621 g/mol. The molecule has 0 radical (unpaired) electrons. The minimum absolute atomic E-state index is 0.0991. The third kappa shape index (κ3) is 7.04. The van der Waals surface area contributed by atoms with E-state index in [1.807, 2.05) is 48.5 Å². The summed E-state index contributed by atoms with van der Waals surface area (Å²) in [6.07, 6.45) is 1.57. The summed E-state index contributed by atoms with van der Waals surface area (Å²) >= 11 is 0. The molecule has 1 atom stereocenters. The van der Waals surface area contributed by atoms with Crippen molar-refractivity contribution >= 4 is 29.3 Å². The molecule has 0 bridgehead atoms. The molecule has 1 heterocycles. The Morgan fingerprint density at radius 3 is 2.41 bits per heavy atom. The number of carboxylic acids is 1. The zero-order valence-corrected chi connectivity index (χ0v) is 25.6. The molecule has 2 amide bonds. The van der Waals surface area contributed by atoms with Gasteiger partial charge >= 0.3 is 12.1 Å². The molecule has 4 aromatic rings. The summed E-state index contributed by atoms with van der Waals surface area (Å²) in [6, 6.07) is 27.0. The van der Waals surface area contributed by atoms with E-state index in [1.165, 1.54) is 30.4 Å². The average molecular weight is 622 g/mol. The number of nitrogens with zero attached hydrogens (tertiary/aromatic N) is 2. The normalized spacial score (nSPS) is 14.6. The van der Waals surface area contributed by atoms with Gasteiger partial charge < -0.3 is 19.6 Å². The highest BCUT2D eigenvalue weighted by Crippen LogP contribution is 2.38. The summed E-state index contributed by atoms with van der Waals surface area (Å²) < 4.78 is 18.7. The maximum absolute atomic E-state index is 13.7. The molecule has 1 aliphatic heterocycles. The first-order chi connectivity index (χ1) is 22.3. The van der Waals surface area contributed by atoms with E-state index in [0.29, 0.717) is 11.3 Å². The van der Waals surface area contributed by atoms with E-state index in [-0.39, 0.29) is 24.8 Å². The zero-order chi connectivity index (χ0) is 32.2. The number of nitrogens with one attached hydrogen (secondary N) is 1. The smallest absolute Gasteiger partial charge is 0.411 e. The number of carboxylic acid groups (broad SMARTS) is 1. The summed E-state index contributed by atoms with van der Waals surface area (Å²) in [7, 11) is 1.33. The van der Waals surface area contributed by atoms with Crippen molar-refractivity contribution in [2.75, 3.05) is 23.9 Å². The Morgan fingerprint density at radius 2 is 1.70 bits per heavy atom. The second-order valence-corrected chi connectivity index (χ2v) is 11.9. The molecule has 1 unspecified atom stereocenters. The molecule has 8 nitrogen and oxygen atoms in total. The van der Waals surface area contributed by atoms with Gasteiger partial charge in [-0.15, -0.1) is 0 Å². The number of fused-ring (bicyclic) bond motifs is 1. The van der Waals surface area contributed by atoms with E-state index >= 15 is 0 Å². The van der Waals surface area contributed by atoms with Gasteiger partial charge in [0.15, 0.2) is 0 Å². The molecule has 6 rings (SSSR count). The van der Waals surface area contributed by atoms with Gasteiger partial charge in [0.2, 0.25) is 5.91 Å². The van der Waals surface area contributed by atoms with Crippen LogP contribution in [0.25, 0.3) is 11.1 Å². The van der Waals surface area contributed by atoms with Gasteiger partial charge in [0.1, 0.15) is 5.82 Å². The summed E-state index contributed by atoms with van der Waals surface area (Å²) in [4.78, 5) is 41.8. The standard InChI is InChI=1S/C37H36FN3O5/c1-46-37(45)39-32-20-29(13-16-33(32)40-18-17-25-6-2-3-7-30(25)23-40)28-8-4-5-24(19-28)22-41(36(44)27-9-10-27)34(21-35(42)43)26-11-14-31(38)15-12-26/h2-8,11-16,19-20,27,34H,9-10,17-18,21-23H2,1H3,(H,39,45)(H,42,43).